The molecule has 0 radical (unpaired) electrons. The molecule has 3 aromatic heterocycles. The second-order valence-electron chi connectivity index (χ2n) is 10.9. The Morgan fingerprint density at radius 1 is 1.21 bits per heavy atom. The molecule has 1 aromatic carbocycles. The molecule has 2 N–H and O–H groups in total. The number of hydrogen-bond acceptors (Lipinski definition) is 9. The molecule has 2 aliphatic rings. The second-order valence-corrected chi connectivity index (χ2v) is 11.9. The number of methoxy groups -OCH3 is 1. The molecule has 6 rings (SSSR count). The molecule has 1 unspecified atom stereocenters. The van der Waals surface area contributed by atoms with Gasteiger partial charge < -0.3 is 24.4 Å². The van der Waals surface area contributed by atoms with E-state index in [1.807, 2.05) is 24.3 Å². The number of ether oxygens (including phenoxy) is 3. The van der Waals surface area contributed by atoms with Crippen LogP contribution in [0.25, 0.3) is 21.0 Å². The lowest BCUT2D eigenvalue weighted by atomic mass is 9.96. The zero-order chi connectivity index (χ0) is 29.4. The number of nitrogens with zero attached hydrogens (tertiary/aromatic N) is 3. The molecule has 1 amide bonds. The highest BCUT2D eigenvalue weighted by atomic mass is 32.1. The summed E-state index contributed by atoms with van der Waals surface area (Å²) in [5, 5.41) is 0.338. The summed E-state index contributed by atoms with van der Waals surface area (Å²) in [7, 11) is 1.59. The predicted octanol–water partition coefficient (Wildman–Crippen LogP) is 3.89. The van der Waals surface area contributed by atoms with Crippen LogP contribution in [0, 0.1) is 6.92 Å². The van der Waals surface area contributed by atoms with Crippen LogP contribution in [0.2, 0.25) is 0 Å². The van der Waals surface area contributed by atoms with Gasteiger partial charge in [0.2, 0.25) is 11.8 Å². The number of nitrogens with two attached hydrogens (primary N) is 1. The molecule has 1 atom stereocenters. The Labute approximate surface area is 245 Å². The Balaban J connectivity index is 1.60. The SMILES string of the molecule is COc1ccccc1C(Cn1c(=O)n(C2(C(N)=O)CCCC2)c(=O)c2c(C)c(-c3ncco3)sc21)OC1CCOCC1. The molecule has 0 spiro atoms. The number of fused-ring (bicyclic) bond motifs is 1. The number of primary amides is 1. The first kappa shape index (κ1) is 28.4. The number of oxazole rings is 1. The predicted molar refractivity (Wildman–Crippen MR) is 157 cm³/mol. The van der Waals surface area contributed by atoms with E-state index in [1.165, 1.54) is 23.8 Å². The Hall–Kier alpha value is -3.74. The maximum atomic E-state index is 14.5. The number of carbonyl (C=O) groups excluding carboxylic acids is 1. The minimum Gasteiger partial charge on any atom is -0.496 e. The van der Waals surface area contributed by atoms with Crippen LogP contribution in [0.15, 0.2) is 50.7 Å². The van der Waals surface area contributed by atoms with E-state index in [9.17, 15) is 14.4 Å². The second kappa shape index (κ2) is 11.5. The first-order chi connectivity index (χ1) is 20.4. The van der Waals surface area contributed by atoms with E-state index in [-0.39, 0.29) is 12.6 Å². The smallest absolute Gasteiger partial charge is 0.333 e. The molecule has 12 heteroatoms. The standard InChI is InChI=1S/C30H34N4O7S/c1-18-23-26(35)34(30(28(31)36)11-5-6-12-30)29(37)33(27(23)42-24(18)25-32-13-16-40-25)17-22(41-19-9-14-39-15-10-19)20-7-3-4-8-21(20)38-2/h3-4,7-8,13,16,19,22H,5-6,9-12,14-15,17H2,1-2H3,(H2,31,36). The monoisotopic (exact) mass is 594 g/mol. The summed E-state index contributed by atoms with van der Waals surface area (Å²) in [5.74, 6) is 0.300. The van der Waals surface area contributed by atoms with Gasteiger partial charge in [-0.3, -0.25) is 14.2 Å². The normalized spacial score (nSPS) is 18.0. The van der Waals surface area contributed by atoms with E-state index in [4.69, 9.17) is 24.4 Å². The topological polar surface area (TPSA) is 141 Å². The van der Waals surface area contributed by atoms with Crippen LogP contribution in [0.1, 0.15) is 55.8 Å². The highest BCUT2D eigenvalue weighted by Crippen LogP contribution is 2.39. The number of aromatic nitrogens is 3. The number of thiophene rings is 1. The van der Waals surface area contributed by atoms with Gasteiger partial charge in [0.15, 0.2) is 0 Å². The van der Waals surface area contributed by atoms with Crippen molar-refractivity contribution in [2.75, 3.05) is 20.3 Å². The number of carbonyl (C=O) groups is 1. The summed E-state index contributed by atoms with van der Waals surface area (Å²) in [4.78, 5) is 47.1. The van der Waals surface area contributed by atoms with E-state index in [2.05, 4.69) is 4.98 Å². The molecule has 1 aliphatic heterocycles. The highest BCUT2D eigenvalue weighted by molar-refractivity contribution is 7.22. The maximum Gasteiger partial charge on any atom is 0.333 e. The first-order valence-electron chi connectivity index (χ1n) is 14.2. The van der Waals surface area contributed by atoms with Crippen molar-refractivity contribution in [1.29, 1.82) is 0 Å². The van der Waals surface area contributed by atoms with Gasteiger partial charge in [-0.1, -0.05) is 31.0 Å². The molecule has 1 saturated carbocycles. The maximum absolute atomic E-state index is 14.5. The Bertz CT molecular complexity index is 1710. The third-order valence-electron chi connectivity index (χ3n) is 8.52. The van der Waals surface area contributed by atoms with Crippen molar-refractivity contribution in [2.24, 2.45) is 5.73 Å². The average Bonchev–Trinajstić information content (AvgIpc) is 3.77. The fourth-order valence-corrected chi connectivity index (χ4v) is 7.56. The fraction of sp³-hybridized carbons (Fsp3) is 0.467. The average molecular weight is 595 g/mol. The Morgan fingerprint density at radius 2 is 1.95 bits per heavy atom. The number of hydrogen-bond donors (Lipinski definition) is 1. The van der Waals surface area contributed by atoms with Gasteiger partial charge in [0.05, 0.1) is 36.2 Å². The summed E-state index contributed by atoms with van der Waals surface area (Å²) in [6.07, 6.45) is 5.76. The van der Waals surface area contributed by atoms with E-state index in [0.29, 0.717) is 84.0 Å². The molecule has 4 heterocycles. The molecule has 2 fully saturated rings. The molecular formula is C30H34N4O7S. The molecule has 11 nitrogen and oxygen atoms in total. The van der Waals surface area contributed by atoms with Crippen LogP contribution in [0.4, 0.5) is 0 Å². The summed E-state index contributed by atoms with van der Waals surface area (Å²) in [6.45, 7) is 3.06. The van der Waals surface area contributed by atoms with Gasteiger partial charge in [-0.25, -0.2) is 14.3 Å². The van der Waals surface area contributed by atoms with Crippen LogP contribution in [-0.2, 0) is 26.4 Å². The number of benzene rings is 1. The largest absolute Gasteiger partial charge is 0.496 e. The van der Waals surface area contributed by atoms with Crippen LogP contribution in [0.3, 0.4) is 0 Å². The third-order valence-corrected chi connectivity index (χ3v) is 9.82. The van der Waals surface area contributed by atoms with E-state index < -0.39 is 28.8 Å². The van der Waals surface area contributed by atoms with Gasteiger partial charge in [-0.05, 0) is 44.2 Å². The minimum absolute atomic E-state index is 0.0765. The minimum atomic E-state index is -1.40. The lowest BCUT2D eigenvalue weighted by Crippen LogP contribution is -2.56. The molecule has 4 aromatic rings. The molecule has 222 valence electrons. The van der Waals surface area contributed by atoms with Crippen molar-refractivity contribution in [3.8, 4) is 16.5 Å². The molecular weight excluding hydrogens is 560 g/mol. The van der Waals surface area contributed by atoms with Crippen LogP contribution < -0.4 is 21.7 Å². The van der Waals surface area contributed by atoms with Gasteiger partial charge in [-0.2, -0.15) is 0 Å². The van der Waals surface area contributed by atoms with Crippen molar-refractivity contribution in [1.82, 2.24) is 14.1 Å². The Kier molecular flexibility index (Phi) is 7.77. The fourth-order valence-electron chi connectivity index (χ4n) is 6.32. The van der Waals surface area contributed by atoms with Gasteiger partial charge >= 0.3 is 5.69 Å². The van der Waals surface area contributed by atoms with Crippen LogP contribution >= 0.6 is 11.3 Å². The number of para-hydroxylation sites is 1. The third kappa shape index (κ3) is 4.77. The summed E-state index contributed by atoms with van der Waals surface area (Å²) < 4.78 is 26.2. The zero-order valence-electron chi connectivity index (χ0n) is 23.7. The van der Waals surface area contributed by atoms with Crippen LogP contribution in [0.5, 0.6) is 5.75 Å². The number of aryl methyl sites for hydroxylation is 1. The lowest BCUT2D eigenvalue weighted by molar-refractivity contribution is -0.126. The van der Waals surface area contributed by atoms with E-state index in [0.717, 1.165) is 10.1 Å². The lowest BCUT2D eigenvalue weighted by Gasteiger charge is -2.31. The van der Waals surface area contributed by atoms with Gasteiger partial charge in [0.1, 0.15) is 28.5 Å². The van der Waals surface area contributed by atoms with Crippen molar-refractivity contribution < 1.29 is 23.4 Å². The van der Waals surface area contributed by atoms with Crippen molar-refractivity contribution in [2.45, 2.75) is 69.7 Å². The van der Waals surface area contributed by atoms with Gasteiger partial charge in [-0.15, -0.1) is 11.3 Å². The molecule has 42 heavy (non-hydrogen) atoms. The molecule has 1 aliphatic carbocycles. The summed E-state index contributed by atoms with van der Waals surface area (Å²) in [6, 6.07) is 7.54. The summed E-state index contributed by atoms with van der Waals surface area (Å²) in [5.41, 5.74) is 4.83. The quantitative estimate of drug-likeness (QED) is 0.308. The first-order valence-corrected chi connectivity index (χ1v) is 15.0. The highest BCUT2D eigenvalue weighted by Gasteiger charge is 2.45. The number of amides is 1. The molecule has 1 saturated heterocycles. The van der Waals surface area contributed by atoms with Gasteiger partial charge in [0.25, 0.3) is 5.56 Å². The van der Waals surface area contributed by atoms with E-state index in [1.54, 1.807) is 18.6 Å². The van der Waals surface area contributed by atoms with Gasteiger partial charge in [0, 0.05) is 18.8 Å². The molecule has 0 bridgehead atoms. The van der Waals surface area contributed by atoms with Crippen LogP contribution in [-0.4, -0.2) is 46.5 Å². The zero-order valence-corrected chi connectivity index (χ0v) is 24.5. The number of rotatable bonds is 9. The van der Waals surface area contributed by atoms with Crippen molar-refractivity contribution in [3.63, 3.8) is 0 Å². The van der Waals surface area contributed by atoms with E-state index >= 15 is 0 Å². The Morgan fingerprint density at radius 3 is 2.62 bits per heavy atom. The van der Waals surface area contributed by atoms with Crippen molar-refractivity contribution >= 4 is 27.5 Å². The van der Waals surface area contributed by atoms with Crippen molar-refractivity contribution in [3.05, 3.63) is 68.7 Å². The summed E-state index contributed by atoms with van der Waals surface area (Å²) >= 11 is 1.26.